The molecule has 4 heteroatoms. The molecule has 0 heterocycles. The number of esters is 1. The second-order valence-corrected chi connectivity index (χ2v) is 2.87. The minimum Gasteiger partial charge on any atom is -0.463 e. The van der Waals surface area contributed by atoms with Gasteiger partial charge in [0.1, 0.15) is 6.61 Å². The Kier molecular flexibility index (Phi) is 7.29. The van der Waals surface area contributed by atoms with E-state index in [4.69, 9.17) is 9.47 Å². The Labute approximate surface area is 78.8 Å². The van der Waals surface area contributed by atoms with E-state index in [1.807, 2.05) is 6.92 Å². The Bertz CT molecular complexity index is 123. The third kappa shape index (κ3) is 5.43. The molecule has 3 nitrogen and oxygen atoms in total. The highest BCUT2D eigenvalue weighted by Gasteiger charge is 2.07. The predicted molar refractivity (Wildman–Crippen MR) is 50.5 cm³/mol. The number of hydrogen-bond acceptors (Lipinski definition) is 4. The SMILES string of the molecule is CCC(COC(=O)CCS)OC. The number of carbonyl (C=O) groups is 1. The first-order chi connectivity index (χ1) is 5.74. The molecule has 12 heavy (non-hydrogen) atoms. The maximum atomic E-state index is 10.9. The van der Waals surface area contributed by atoms with Crippen molar-refractivity contribution < 1.29 is 14.3 Å². The van der Waals surface area contributed by atoms with Gasteiger partial charge in [-0.2, -0.15) is 12.6 Å². The summed E-state index contributed by atoms with van der Waals surface area (Å²) in [6, 6.07) is 0. The minimum atomic E-state index is -0.208. The number of methoxy groups -OCH3 is 1. The standard InChI is InChI=1S/C8H16O3S/c1-3-7(10-2)6-11-8(9)4-5-12/h7,12H,3-6H2,1-2H3. The normalized spacial score (nSPS) is 12.6. The number of thiol groups is 1. The molecule has 0 aliphatic rings. The summed E-state index contributed by atoms with van der Waals surface area (Å²) in [7, 11) is 1.61. The third-order valence-electron chi connectivity index (χ3n) is 1.53. The highest BCUT2D eigenvalue weighted by Crippen LogP contribution is 1.98. The van der Waals surface area contributed by atoms with Gasteiger partial charge in [-0.05, 0) is 6.42 Å². The Morgan fingerprint density at radius 1 is 1.58 bits per heavy atom. The molecule has 0 aromatic carbocycles. The molecule has 0 fully saturated rings. The van der Waals surface area contributed by atoms with E-state index < -0.39 is 0 Å². The summed E-state index contributed by atoms with van der Waals surface area (Å²) in [6.07, 6.45) is 1.24. The molecule has 0 bridgehead atoms. The molecule has 0 aliphatic carbocycles. The first-order valence-corrected chi connectivity index (χ1v) is 4.67. The van der Waals surface area contributed by atoms with Crippen molar-refractivity contribution in [3.63, 3.8) is 0 Å². The Hall–Kier alpha value is -0.220. The summed E-state index contributed by atoms with van der Waals surface area (Å²) in [6.45, 7) is 2.33. The van der Waals surface area contributed by atoms with Gasteiger partial charge < -0.3 is 9.47 Å². The maximum Gasteiger partial charge on any atom is 0.306 e. The Morgan fingerprint density at radius 2 is 2.25 bits per heavy atom. The molecular formula is C8H16O3S. The van der Waals surface area contributed by atoms with E-state index in [1.165, 1.54) is 0 Å². The fourth-order valence-corrected chi connectivity index (χ4v) is 0.884. The highest BCUT2D eigenvalue weighted by molar-refractivity contribution is 7.80. The van der Waals surface area contributed by atoms with E-state index in [1.54, 1.807) is 7.11 Å². The molecular weight excluding hydrogens is 176 g/mol. The molecule has 0 spiro atoms. The van der Waals surface area contributed by atoms with Crippen LogP contribution in [0.25, 0.3) is 0 Å². The molecule has 72 valence electrons. The van der Waals surface area contributed by atoms with Gasteiger partial charge in [0.15, 0.2) is 0 Å². The average Bonchev–Trinajstić information content (AvgIpc) is 2.07. The number of carbonyl (C=O) groups excluding carboxylic acids is 1. The Balaban J connectivity index is 3.44. The smallest absolute Gasteiger partial charge is 0.306 e. The van der Waals surface area contributed by atoms with Crippen molar-refractivity contribution in [2.75, 3.05) is 19.5 Å². The number of hydrogen-bond donors (Lipinski definition) is 1. The molecule has 0 rings (SSSR count). The number of ether oxygens (including phenoxy) is 2. The third-order valence-corrected chi connectivity index (χ3v) is 1.76. The minimum absolute atomic E-state index is 0.0221. The van der Waals surface area contributed by atoms with Gasteiger partial charge in [0.05, 0.1) is 12.5 Å². The molecule has 1 atom stereocenters. The zero-order chi connectivity index (χ0) is 9.40. The lowest BCUT2D eigenvalue weighted by atomic mass is 10.3. The monoisotopic (exact) mass is 192 g/mol. The van der Waals surface area contributed by atoms with Crippen LogP contribution < -0.4 is 0 Å². The van der Waals surface area contributed by atoms with Gasteiger partial charge in [0.25, 0.3) is 0 Å². The van der Waals surface area contributed by atoms with E-state index in [2.05, 4.69) is 12.6 Å². The molecule has 1 unspecified atom stereocenters. The van der Waals surface area contributed by atoms with Gasteiger partial charge in [-0.15, -0.1) is 0 Å². The van der Waals surface area contributed by atoms with Crippen molar-refractivity contribution in [3.8, 4) is 0 Å². The fraction of sp³-hybridized carbons (Fsp3) is 0.875. The first-order valence-electron chi connectivity index (χ1n) is 4.03. The van der Waals surface area contributed by atoms with Crippen molar-refractivity contribution in [3.05, 3.63) is 0 Å². The van der Waals surface area contributed by atoms with Crippen LogP contribution in [0.3, 0.4) is 0 Å². The lowest BCUT2D eigenvalue weighted by Crippen LogP contribution is -2.20. The molecule has 0 N–H and O–H groups in total. The van der Waals surface area contributed by atoms with Gasteiger partial charge in [-0.1, -0.05) is 6.92 Å². The van der Waals surface area contributed by atoms with Crippen LogP contribution in [0.4, 0.5) is 0 Å². The topological polar surface area (TPSA) is 35.5 Å². The van der Waals surface area contributed by atoms with E-state index >= 15 is 0 Å². The van der Waals surface area contributed by atoms with Gasteiger partial charge in [0, 0.05) is 12.9 Å². The summed E-state index contributed by atoms with van der Waals surface area (Å²) < 4.78 is 9.95. The second kappa shape index (κ2) is 7.43. The summed E-state index contributed by atoms with van der Waals surface area (Å²) in [5.41, 5.74) is 0. The second-order valence-electron chi connectivity index (χ2n) is 2.42. The molecule has 0 aromatic rings. The van der Waals surface area contributed by atoms with Gasteiger partial charge in [-0.3, -0.25) is 4.79 Å². The van der Waals surface area contributed by atoms with Crippen LogP contribution in [0.5, 0.6) is 0 Å². The predicted octanol–water partition coefficient (Wildman–Crippen LogP) is 1.27. The Morgan fingerprint density at radius 3 is 2.67 bits per heavy atom. The lowest BCUT2D eigenvalue weighted by Gasteiger charge is -2.12. The molecule has 0 saturated carbocycles. The molecule has 0 radical (unpaired) electrons. The quantitative estimate of drug-likeness (QED) is 0.508. The van der Waals surface area contributed by atoms with E-state index in [0.29, 0.717) is 18.8 Å². The van der Waals surface area contributed by atoms with Crippen molar-refractivity contribution in [2.45, 2.75) is 25.9 Å². The molecule has 0 amide bonds. The fourth-order valence-electron chi connectivity index (χ4n) is 0.702. The van der Waals surface area contributed by atoms with Crippen LogP contribution >= 0.6 is 12.6 Å². The van der Waals surface area contributed by atoms with E-state index in [9.17, 15) is 4.79 Å². The van der Waals surface area contributed by atoms with Gasteiger partial charge in [-0.25, -0.2) is 0 Å². The van der Waals surface area contributed by atoms with Crippen molar-refractivity contribution in [2.24, 2.45) is 0 Å². The van der Waals surface area contributed by atoms with Crippen LogP contribution in [-0.4, -0.2) is 31.5 Å². The van der Waals surface area contributed by atoms with E-state index in [-0.39, 0.29) is 12.1 Å². The van der Waals surface area contributed by atoms with Crippen LogP contribution in [0.1, 0.15) is 19.8 Å². The zero-order valence-electron chi connectivity index (χ0n) is 7.58. The van der Waals surface area contributed by atoms with Gasteiger partial charge >= 0.3 is 5.97 Å². The summed E-state index contributed by atoms with van der Waals surface area (Å²) in [5.74, 6) is 0.322. The van der Waals surface area contributed by atoms with Crippen molar-refractivity contribution in [1.29, 1.82) is 0 Å². The maximum absolute atomic E-state index is 10.9. The van der Waals surface area contributed by atoms with Crippen molar-refractivity contribution in [1.82, 2.24) is 0 Å². The van der Waals surface area contributed by atoms with Crippen LogP contribution in [0.15, 0.2) is 0 Å². The summed E-state index contributed by atoms with van der Waals surface area (Å²) >= 11 is 3.92. The van der Waals surface area contributed by atoms with Crippen molar-refractivity contribution >= 4 is 18.6 Å². The van der Waals surface area contributed by atoms with Crippen LogP contribution in [0, 0.1) is 0 Å². The molecule has 0 aromatic heterocycles. The molecule has 0 saturated heterocycles. The average molecular weight is 192 g/mol. The number of rotatable bonds is 6. The van der Waals surface area contributed by atoms with Crippen LogP contribution in [0.2, 0.25) is 0 Å². The largest absolute Gasteiger partial charge is 0.463 e. The van der Waals surface area contributed by atoms with Gasteiger partial charge in [0.2, 0.25) is 0 Å². The summed E-state index contributed by atoms with van der Waals surface area (Å²) in [5, 5.41) is 0. The first kappa shape index (κ1) is 11.8. The van der Waals surface area contributed by atoms with E-state index in [0.717, 1.165) is 6.42 Å². The lowest BCUT2D eigenvalue weighted by molar-refractivity contribution is -0.146. The summed E-state index contributed by atoms with van der Waals surface area (Å²) in [4.78, 5) is 10.9. The zero-order valence-corrected chi connectivity index (χ0v) is 8.47. The highest BCUT2D eigenvalue weighted by atomic mass is 32.1. The molecule has 0 aliphatic heterocycles. The van der Waals surface area contributed by atoms with Crippen LogP contribution in [-0.2, 0) is 14.3 Å².